The van der Waals surface area contributed by atoms with Crippen molar-refractivity contribution in [2.24, 2.45) is 0 Å². The zero-order valence-corrected chi connectivity index (χ0v) is 11.7. The van der Waals surface area contributed by atoms with Gasteiger partial charge < -0.3 is 0 Å². The molecular weight excluding hydrogens is 248 g/mol. The fraction of sp³-hybridized carbons (Fsp3) is 0.111. The lowest BCUT2D eigenvalue weighted by atomic mass is 10.0. The van der Waals surface area contributed by atoms with Crippen LogP contribution in [0.5, 0.6) is 0 Å². The number of hydrogen-bond acceptors (Lipinski definition) is 0. The molecular formula is C18H15S+. The van der Waals surface area contributed by atoms with Crippen molar-refractivity contribution in [2.45, 2.75) is 12.7 Å². The standard InChI is InChI=1S/C18H15S/c1-2-19-16-10-6-5-9-15(16)18-14-8-4-3-7-13(14)11-12-17(18)19/h3-12H,2H2,1H3/q+1. The summed E-state index contributed by atoms with van der Waals surface area (Å²) in [4.78, 5) is 0. The molecule has 0 saturated heterocycles. The first kappa shape index (κ1) is 11.0. The van der Waals surface area contributed by atoms with Crippen LogP contribution in [0.4, 0.5) is 0 Å². The summed E-state index contributed by atoms with van der Waals surface area (Å²) in [5.74, 6) is 1.20. The van der Waals surface area contributed by atoms with E-state index < -0.39 is 0 Å². The maximum atomic E-state index is 2.34. The van der Waals surface area contributed by atoms with Gasteiger partial charge in [0.2, 0.25) is 0 Å². The van der Waals surface area contributed by atoms with E-state index in [9.17, 15) is 0 Å². The van der Waals surface area contributed by atoms with Gasteiger partial charge in [-0.1, -0.05) is 36.4 Å². The smallest absolute Gasteiger partial charge is 0.0616 e. The van der Waals surface area contributed by atoms with E-state index >= 15 is 0 Å². The summed E-state index contributed by atoms with van der Waals surface area (Å²) in [5.41, 5.74) is 0. The average Bonchev–Trinajstić information content (AvgIpc) is 2.81. The van der Waals surface area contributed by atoms with Gasteiger partial charge in [0.25, 0.3) is 0 Å². The first-order valence-electron chi connectivity index (χ1n) is 6.72. The van der Waals surface area contributed by atoms with Crippen LogP contribution in [0.3, 0.4) is 0 Å². The van der Waals surface area contributed by atoms with Crippen molar-refractivity contribution in [3.63, 3.8) is 0 Å². The number of hydrogen-bond donors (Lipinski definition) is 0. The van der Waals surface area contributed by atoms with Crippen molar-refractivity contribution in [2.75, 3.05) is 0 Å². The number of benzene rings is 3. The van der Waals surface area contributed by atoms with Gasteiger partial charge in [-0.2, -0.15) is 0 Å². The molecule has 4 rings (SSSR count). The quantitative estimate of drug-likeness (QED) is 0.374. The van der Waals surface area contributed by atoms with Crippen molar-refractivity contribution >= 4 is 41.4 Å². The molecule has 0 aliphatic carbocycles. The van der Waals surface area contributed by atoms with Gasteiger partial charge in [-0.25, -0.2) is 0 Å². The molecule has 0 radical (unpaired) electrons. The van der Waals surface area contributed by atoms with Gasteiger partial charge in [0.1, 0.15) is 5.75 Å². The first-order valence-corrected chi connectivity index (χ1v) is 8.11. The third-order valence-electron chi connectivity index (χ3n) is 3.87. The van der Waals surface area contributed by atoms with Crippen LogP contribution >= 0.6 is 10.5 Å². The molecule has 0 saturated carbocycles. The molecule has 92 valence electrons. The summed E-state index contributed by atoms with van der Waals surface area (Å²) in [7, 11) is 0.260. The Hall–Kier alpha value is -1.86. The molecule has 1 aromatic heterocycles. The second-order valence-electron chi connectivity index (χ2n) is 4.84. The van der Waals surface area contributed by atoms with Gasteiger partial charge in [0, 0.05) is 5.39 Å². The second-order valence-corrected chi connectivity index (χ2v) is 7.07. The van der Waals surface area contributed by atoms with Crippen molar-refractivity contribution in [1.29, 1.82) is 0 Å². The number of fused-ring (bicyclic) bond motifs is 5. The Kier molecular flexibility index (Phi) is 2.36. The van der Waals surface area contributed by atoms with E-state index in [1.807, 2.05) is 0 Å². The molecule has 1 unspecified atom stereocenters. The van der Waals surface area contributed by atoms with E-state index in [0.29, 0.717) is 0 Å². The van der Waals surface area contributed by atoms with Crippen LogP contribution in [0, 0.1) is 0 Å². The fourth-order valence-electron chi connectivity index (χ4n) is 3.05. The van der Waals surface area contributed by atoms with E-state index in [-0.39, 0.29) is 10.5 Å². The summed E-state index contributed by atoms with van der Waals surface area (Å²) in [6.45, 7) is 2.30. The molecule has 0 fully saturated rings. The summed E-state index contributed by atoms with van der Waals surface area (Å²) in [6, 6.07) is 22.3. The van der Waals surface area contributed by atoms with Crippen LogP contribution in [0.25, 0.3) is 30.9 Å². The Labute approximate surface area is 115 Å². The predicted octanol–water partition coefficient (Wildman–Crippen LogP) is 5.92. The van der Waals surface area contributed by atoms with E-state index in [2.05, 4.69) is 67.6 Å². The summed E-state index contributed by atoms with van der Waals surface area (Å²) < 4.78 is 3.05. The molecule has 0 aliphatic heterocycles. The van der Waals surface area contributed by atoms with Gasteiger partial charge in [-0.05, 0) is 52.4 Å². The predicted molar refractivity (Wildman–Crippen MR) is 87.1 cm³/mol. The molecule has 19 heavy (non-hydrogen) atoms. The third-order valence-corrected chi connectivity index (χ3v) is 6.20. The minimum atomic E-state index is 0.260. The molecule has 0 bridgehead atoms. The molecule has 3 aromatic carbocycles. The SMILES string of the molecule is CC[s+]1c2ccccc2c2c3ccccc3ccc21. The van der Waals surface area contributed by atoms with Crippen LogP contribution in [-0.2, 0) is 5.75 Å². The Morgan fingerprint density at radius 2 is 1.47 bits per heavy atom. The summed E-state index contributed by atoms with van der Waals surface area (Å²) >= 11 is 0. The molecule has 0 amide bonds. The van der Waals surface area contributed by atoms with E-state index in [0.717, 1.165) is 0 Å². The largest absolute Gasteiger partial charge is 0.182 e. The zero-order valence-electron chi connectivity index (χ0n) is 10.9. The van der Waals surface area contributed by atoms with Crippen molar-refractivity contribution in [3.05, 3.63) is 60.7 Å². The summed E-state index contributed by atoms with van der Waals surface area (Å²) in [6.07, 6.45) is 0. The lowest BCUT2D eigenvalue weighted by Gasteiger charge is -1.97. The Morgan fingerprint density at radius 3 is 2.32 bits per heavy atom. The molecule has 0 aliphatic rings. The fourth-order valence-corrected chi connectivity index (χ4v) is 5.29. The highest BCUT2D eigenvalue weighted by Crippen LogP contribution is 2.45. The second kappa shape index (κ2) is 4.07. The number of rotatable bonds is 1. The van der Waals surface area contributed by atoms with Gasteiger partial charge in [-0.3, -0.25) is 0 Å². The van der Waals surface area contributed by atoms with Crippen LogP contribution in [0.15, 0.2) is 60.7 Å². The zero-order chi connectivity index (χ0) is 12.8. The highest BCUT2D eigenvalue weighted by atomic mass is 32.2. The van der Waals surface area contributed by atoms with Crippen molar-refractivity contribution in [3.8, 4) is 0 Å². The van der Waals surface area contributed by atoms with Crippen LogP contribution in [-0.4, -0.2) is 0 Å². The highest BCUT2D eigenvalue weighted by molar-refractivity contribution is 7.42. The Morgan fingerprint density at radius 1 is 0.737 bits per heavy atom. The molecule has 4 aromatic rings. The molecule has 0 spiro atoms. The van der Waals surface area contributed by atoms with Crippen LogP contribution < -0.4 is 0 Å². The van der Waals surface area contributed by atoms with Crippen LogP contribution in [0.2, 0.25) is 0 Å². The number of thiophene rings is 1. The monoisotopic (exact) mass is 263 g/mol. The van der Waals surface area contributed by atoms with Gasteiger partial charge >= 0.3 is 0 Å². The minimum Gasteiger partial charge on any atom is -0.0616 e. The lowest BCUT2D eigenvalue weighted by Crippen LogP contribution is -1.73. The van der Waals surface area contributed by atoms with E-state index in [1.54, 1.807) is 0 Å². The van der Waals surface area contributed by atoms with Crippen molar-refractivity contribution in [1.82, 2.24) is 0 Å². The minimum absolute atomic E-state index is 0.260. The summed E-state index contributed by atoms with van der Waals surface area (Å²) in [5, 5.41) is 5.66. The molecule has 1 heterocycles. The Balaban J connectivity index is 2.37. The molecule has 1 atom stereocenters. The first-order chi connectivity index (χ1) is 9.40. The van der Waals surface area contributed by atoms with Crippen molar-refractivity contribution < 1.29 is 0 Å². The maximum Gasteiger partial charge on any atom is 0.182 e. The molecule has 1 heteroatoms. The topological polar surface area (TPSA) is 0 Å². The third kappa shape index (κ3) is 1.45. The number of aryl methyl sites for hydroxylation is 1. The highest BCUT2D eigenvalue weighted by Gasteiger charge is 2.20. The van der Waals surface area contributed by atoms with Gasteiger partial charge in [0.05, 0.1) is 5.39 Å². The maximum absolute atomic E-state index is 2.34. The van der Waals surface area contributed by atoms with E-state index in [4.69, 9.17) is 0 Å². The lowest BCUT2D eigenvalue weighted by molar-refractivity contribution is 1.38. The van der Waals surface area contributed by atoms with Gasteiger partial charge in [-0.15, -0.1) is 0 Å². The Bertz CT molecular complexity index is 899. The molecule has 0 nitrogen and oxygen atoms in total. The van der Waals surface area contributed by atoms with Crippen LogP contribution in [0.1, 0.15) is 6.92 Å². The average molecular weight is 263 g/mol. The molecule has 0 N–H and O–H groups in total. The normalized spacial score (nSPS) is 12.6. The van der Waals surface area contributed by atoms with Gasteiger partial charge in [0.15, 0.2) is 9.40 Å². The van der Waals surface area contributed by atoms with E-state index in [1.165, 1.54) is 36.7 Å².